The molecule has 0 saturated carbocycles. The number of carbonyl (C=O) groups excluding carboxylic acids is 1. The molecular weight excluding hydrogens is 403 g/mol. The quantitative estimate of drug-likeness (QED) is 0.329. The molecule has 0 radical (unpaired) electrons. The van der Waals surface area contributed by atoms with Gasteiger partial charge in [-0.1, -0.05) is 47.5 Å². The van der Waals surface area contributed by atoms with E-state index < -0.39 is 0 Å². The van der Waals surface area contributed by atoms with Crippen molar-refractivity contribution in [2.24, 2.45) is 0 Å². The fraction of sp³-hybridized carbons (Fsp3) is 0.208. The third kappa shape index (κ3) is 3.00. The van der Waals surface area contributed by atoms with Crippen molar-refractivity contribution in [3.63, 3.8) is 0 Å². The second kappa shape index (κ2) is 7.08. The topological polar surface area (TPSA) is 26.4 Å². The standard InChI is InChI=1S/C24H20Cl2N2O/c1-15(29)23-22(17-7-11-19(26)12-8-17)20-4-2-3-13-27-21(14-28(23)24(20)27)16-5-9-18(25)10-6-16/h5-12,14H,2-4,13H2,1H3. The van der Waals surface area contributed by atoms with Crippen LogP contribution in [0.2, 0.25) is 10.0 Å². The van der Waals surface area contributed by atoms with Crippen LogP contribution in [0.4, 0.5) is 0 Å². The predicted molar refractivity (Wildman–Crippen MR) is 119 cm³/mol. The van der Waals surface area contributed by atoms with E-state index in [1.165, 1.54) is 5.56 Å². The molecule has 3 nitrogen and oxygen atoms in total. The van der Waals surface area contributed by atoms with Gasteiger partial charge in [0.25, 0.3) is 0 Å². The van der Waals surface area contributed by atoms with Crippen molar-refractivity contribution >= 4 is 34.6 Å². The molecule has 0 aliphatic carbocycles. The van der Waals surface area contributed by atoms with Crippen molar-refractivity contribution in [1.29, 1.82) is 0 Å². The molecular formula is C24H20Cl2N2O. The van der Waals surface area contributed by atoms with E-state index in [1.807, 2.05) is 48.5 Å². The molecule has 146 valence electrons. The number of carbonyl (C=O) groups is 1. The van der Waals surface area contributed by atoms with Gasteiger partial charge in [-0.25, -0.2) is 0 Å². The molecule has 1 aliphatic rings. The highest BCUT2D eigenvalue weighted by atomic mass is 35.5. The number of imidazole rings is 1. The highest BCUT2D eigenvalue weighted by Gasteiger charge is 2.27. The lowest BCUT2D eigenvalue weighted by Crippen LogP contribution is -2.00. The number of nitrogens with zero attached hydrogens (tertiary/aromatic N) is 2. The Hall–Kier alpha value is -2.49. The lowest BCUT2D eigenvalue weighted by atomic mass is 9.97. The van der Waals surface area contributed by atoms with E-state index in [2.05, 4.69) is 15.2 Å². The molecule has 2 aromatic heterocycles. The second-order valence-electron chi connectivity index (χ2n) is 7.59. The highest BCUT2D eigenvalue weighted by Crippen LogP contribution is 2.39. The van der Waals surface area contributed by atoms with Crippen molar-refractivity contribution < 1.29 is 4.79 Å². The molecule has 0 atom stereocenters. The van der Waals surface area contributed by atoms with Gasteiger partial charge in [0.1, 0.15) is 5.65 Å². The van der Waals surface area contributed by atoms with Gasteiger partial charge in [0.05, 0.1) is 11.4 Å². The number of ketones is 1. The second-order valence-corrected chi connectivity index (χ2v) is 8.46. The molecule has 5 rings (SSSR count). The Morgan fingerprint density at radius 3 is 2.14 bits per heavy atom. The lowest BCUT2D eigenvalue weighted by Gasteiger charge is -2.09. The average Bonchev–Trinajstić information content (AvgIpc) is 3.12. The highest BCUT2D eigenvalue weighted by molar-refractivity contribution is 6.31. The largest absolute Gasteiger partial charge is 0.325 e. The third-order valence-electron chi connectivity index (χ3n) is 5.74. The van der Waals surface area contributed by atoms with Crippen molar-refractivity contribution in [1.82, 2.24) is 8.97 Å². The van der Waals surface area contributed by atoms with Crippen LogP contribution >= 0.6 is 23.2 Å². The summed E-state index contributed by atoms with van der Waals surface area (Å²) < 4.78 is 4.45. The van der Waals surface area contributed by atoms with Crippen LogP contribution in [0.5, 0.6) is 0 Å². The molecule has 0 spiro atoms. The monoisotopic (exact) mass is 422 g/mol. The van der Waals surface area contributed by atoms with Gasteiger partial charge in [-0.2, -0.15) is 0 Å². The van der Waals surface area contributed by atoms with Gasteiger partial charge in [0, 0.05) is 40.8 Å². The van der Waals surface area contributed by atoms with Gasteiger partial charge in [0.2, 0.25) is 0 Å². The Kier molecular flexibility index (Phi) is 4.53. The van der Waals surface area contributed by atoms with Crippen LogP contribution in [0, 0.1) is 0 Å². The first-order valence-corrected chi connectivity index (χ1v) is 10.6. The van der Waals surface area contributed by atoms with Crippen LogP contribution in [0.25, 0.3) is 28.0 Å². The molecule has 3 heterocycles. The van der Waals surface area contributed by atoms with Crippen LogP contribution in [0.3, 0.4) is 0 Å². The van der Waals surface area contributed by atoms with Crippen molar-refractivity contribution in [2.75, 3.05) is 0 Å². The molecule has 0 unspecified atom stereocenters. The van der Waals surface area contributed by atoms with Crippen LogP contribution in [0.15, 0.2) is 54.7 Å². The molecule has 29 heavy (non-hydrogen) atoms. The van der Waals surface area contributed by atoms with E-state index in [1.54, 1.807) is 6.92 Å². The van der Waals surface area contributed by atoms with E-state index in [9.17, 15) is 4.79 Å². The van der Waals surface area contributed by atoms with Crippen molar-refractivity contribution in [3.05, 3.63) is 76.0 Å². The van der Waals surface area contributed by atoms with Crippen LogP contribution in [-0.2, 0) is 13.0 Å². The Morgan fingerprint density at radius 1 is 0.897 bits per heavy atom. The third-order valence-corrected chi connectivity index (χ3v) is 6.24. The van der Waals surface area contributed by atoms with Gasteiger partial charge in [-0.15, -0.1) is 0 Å². The fourth-order valence-electron chi connectivity index (χ4n) is 4.51. The molecule has 4 aromatic rings. The number of hydrogen-bond donors (Lipinski definition) is 0. The summed E-state index contributed by atoms with van der Waals surface area (Å²) in [4.78, 5) is 12.8. The fourth-order valence-corrected chi connectivity index (χ4v) is 4.76. The van der Waals surface area contributed by atoms with Gasteiger partial charge in [-0.05, 0) is 54.7 Å². The summed E-state index contributed by atoms with van der Waals surface area (Å²) in [6, 6.07) is 15.7. The van der Waals surface area contributed by atoms with Crippen molar-refractivity contribution in [2.45, 2.75) is 32.7 Å². The zero-order chi connectivity index (χ0) is 20.1. The van der Waals surface area contributed by atoms with Crippen LogP contribution in [-0.4, -0.2) is 14.8 Å². The predicted octanol–water partition coefficient (Wildman–Crippen LogP) is 6.92. The summed E-state index contributed by atoms with van der Waals surface area (Å²) in [7, 11) is 0. The maximum absolute atomic E-state index is 12.8. The number of rotatable bonds is 3. The molecule has 0 bridgehead atoms. The summed E-state index contributed by atoms with van der Waals surface area (Å²) in [5.74, 6) is 0.0663. The molecule has 1 aliphatic heterocycles. The Balaban J connectivity index is 1.84. The summed E-state index contributed by atoms with van der Waals surface area (Å²) in [6.07, 6.45) is 5.26. The Labute approximate surface area is 179 Å². The van der Waals surface area contributed by atoms with Crippen molar-refractivity contribution in [3.8, 4) is 22.4 Å². The number of aromatic nitrogens is 2. The maximum atomic E-state index is 12.8. The minimum Gasteiger partial charge on any atom is -0.325 e. The molecule has 0 fully saturated rings. The van der Waals surface area contributed by atoms with E-state index >= 15 is 0 Å². The molecule has 0 amide bonds. The Bertz CT molecular complexity index is 1230. The number of Topliss-reactive ketones (excluding diaryl/α,β-unsaturated/α-hetero) is 1. The molecule has 5 heteroatoms. The van der Waals surface area contributed by atoms with Gasteiger partial charge < -0.3 is 4.57 Å². The number of aryl methyl sites for hydroxylation is 2. The van der Waals surface area contributed by atoms with Gasteiger partial charge in [0.15, 0.2) is 5.78 Å². The minimum absolute atomic E-state index is 0.0663. The SMILES string of the molecule is CC(=O)c1c(-c2ccc(Cl)cc2)c2c3n(c(-c4ccc(Cl)cc4)cn13)CCCC2. The summed E-state index contributed by atoms with van der Waals surface area (Å²) in [5.41, 5.74) is 7.42. The van der Waals surface area contributed by atoms with Gasteiger partial charge in [-0.3, -0.25) is 9.20 Å². The first-order chi connectivity index (χ1) is 14.0. The summed E-state index contributed by atoms with van der Waals surface area (Å²) >= 11 is 12.2. The number of halogens is 2. The first-order valence-electron chi connectivity index (χ1n) is 9.84. The van der Waals surface area contributed by atoms with Crippen LogP contribution < -0.4 is 0 Å². The van der Waals surface area contributed by atoms with E-state index in [-0.39, 0.29) is 5.78 Å². The maximum Gasteiger partial charge on any atom is 0.177 e. The normalized spacial score (nSPS) is 13.6. The minimum atomic E-state index is 0.0663. The van der Waals surface area contributed by atoms with E-state index in [4.69, 9.17) is 23.2 Å². The summed E-state index contributed by atoms with van der Waals surface area (Å²) in [5, 5.41) is 1.42. The smallest absolute Gasteiger partial charge is 0.177 e. The average molecular weight is 423 g/mol. The van der Waals surface area contributed by atoms with Crippen LogP contribution in [0.1, 0.15) is 35.8 Å². The molecule has 2 aromatic carbocycles. The first kappa shape index (κ1) is 18.5. The molecule has 0 N–H and O–H groups in total. The number of benzene rings is 2. The van der Waals surface area contributed by atoms with Gasteiger partial charge >= 0.3 is 0 Å². The zero-order valence-electron chi connectivity index (χ0n) is 16.1. The summed E-state index contributed by atoms with van der Waals surface area (Å²) in [6.45, 7) is 2.58. The van der Waals surface area contributed by atoms with E-state index in [0.717, 1.165) is 64.6 Å². The zero-order valence-corrected chi connectivity index (χ0v) is 17.6. The molecule has 0 saturated heterocycles. The van der Waals surface area contributed by atoms with E-state index in [0.29, 0.717) is 5.02 Å². The lowest BCUT2D eigenvalue weighted by molar-refractivity contribution is 0.101. The number of hydrogen-bond acceptors (Lipinski definition) is 1. The Morgan fingerprint density at radius 2 is 1.52 bits per heavy atom.